The van der Waals surface area contributed by atoms with Crippen molar-refractivity contribution in [3.05, 3.63) is 35.4 Å². The van der Waals surface area contributed by atoms with E-state index in [4.69, 9.17) is 10.00 Å². The first-order valence-electron chi connectivity index (χ1n) is 7.08. The second-order valence-electron chi connectivity index (χ2n) is 6.28. The van der Waals surface area contributed by atoms with Gasteiger partial charge >= 0.3 is 6.09 Å². The van der Waals surface area contributed by atoms with E-state index in [1.807, 2.05) is 39.0 Å². The molecule has 1 N–H and O–H groups in total. The lowest BCUT2D eigenvalue weighted by molar-refractivity contribution is 0.00519. The Morgan fingerprint density at radius 2 is 2.19 bits per heavy atom. The quantitative estimate of drug-likeness (QED) is 0.926. The summed E-state index contributed by atoms with van der Waals surface area (Å²) < 4.78 is 5.31. The van der Waals surface area contributed by atoms with Crippen molar-refractivity contribution in [1.29, 1.82) is 5.26 Å². The summed E-state index contributed by atoms with van der Waals surface area (Å²) in [6, 6.07) is 9.93. The first-order chi connectivity index (χ1) is 9.87. The van der Waals surface area contributed by atoms with Crippen LogP contribution >= 0.6 is 0 Å². The number of carbonyl (C=O) groups excluding carboxylic acids is 1. The number of ether oxygens (including phenoxy) is 1. The second-order valence-corrected chi connectivity index (χ2v) is 6.28. The van der Waals surface area contributed by atoms with Crippen molar-refractivity contribution in [2.24, 2.45) is 0 Å². The van der Waals surface area contributed by atoms with Gasteiger partial charge < -0.3 is 15.0 Å². The highest BCUT2D eigenvalue weighted by atomic mass is 16.6. The number of nitrogens with one attached hydrogen (secondary N) is 1. The fourth-order valence-electron chi connectivity index (χ4n) is 2.10. The van der Waals surface area contributed by atoms with Crippen LogP contribution in [0.1, 0.15) is 31.9 Å². The van der Waals surface area contributed by atoms with E-state index in [1.54, 1.807) is 11.0 Å². The summed E-state index contributed by atoms with van der Waals surface area (Å²) in [6.07, 6.45) is -0.257. The number of hydrogen-bond donors (Lipinski definition) is 1. The summed E-state index contributed by atoms with van der Waals surface area (Å²) in [4.78, 5) is 13.5. The van der Waals surface area contributed by atoms with Crippen LogP contribution in [0.25, 0.3) is 0 Å². The van der Waals surface area contributed by atoms with E-state index >= 15 is 0 Å². The molecule has 0 radical (unpaired) electrons. The number of benzene rings is 1. The molecule has 1 aromatic rings. The Balaban J connectivity index is 1.73. The Labute approximate surface area is 125 Å². The predicted octanol–water partition coefficient (Wildman–Crippen LogP) is 2.27. The molecule has 1 fully saturated rings. The van der Waals surface area contributed by atoms with E-state index in [1.165, 1.54) is 0 Å². The molecule has 1 saturated heterocycles. The average molecular weight is 287 g/mol. The number of hydrogen-bond acceptors (Lipinski definition) is 4. The van der Waals surface area contributed by atoms with Crippen LogP contribution in [0.15, 0.2) is 24.3 Å². The highest BCUT2D eigenvalue weighted by molar-refractivity contribution is 5.69. The molecule has 0 spiro atoms. The molecule has 0 atom stereocenters. The van der Waals surface area contributed by atoms with Gasteiger partial charge in [-0.1, -0.05) is 12.1 Å². The van der Waals surface area contributed by atoms with Gasteiger partial charge in [0.05, 0.1) is 11.6 Å². The van der Waals surface area contributed by atoms with Crippen LogP contribution in [0.2, 0.25) is 0 Å². The van der Waals surface area contributed by atoms with E-state index < -0.39 is 5.60 Å². The average Bonchev–Trinajstić information content (AvgIpc) is 2.35. The molecule has 5 heteroatoms. The Morgan fingerprint density at radius 3 is 2.81 bits per heavy atom. The van der Waals surface area contributed by atoms with Crippen LogP contribution in [0, 0.1) is 11.3 Å². The summed E-state index contributed by atoms with van der Waals surface area (Å²) in [6.45, 7) is 7.61. The molecule has 0 unspecified atom stereocenters. The van der Waals surface area contributed by atoms with Crippen molar-refractivity contribution < 1.29 is 9.53 Å². The molecular formula is C16H21N3O2. The molecule has 0 bridgehead atoms. The predicted molar refractivity (Wildman–Crippen MR) is 79.6 cm³/mol. The third kappa shape index (κ3) is 4.47. The van der Waals surface area contributed by atoms with Crippen molar-refractivity contribution >= 4 is 6.09 Å². The van der Waals surface area contributed by atoms with E-state index in [9.17, 15) is 4.79 Å². The molecule has 112 valence electrons. The van der Waals surface area contributed by atoms with Gasteiger partial charge in [-0.05, 0) is 38.5 Å². The largest absolute Gasteiger partial charge is 0.444 e. The lowest BCUT2D eigenvalue weighted by atomic mass is 10.1. The van der Waals surface area contributed by atoms with E-state index in [-0.39, 0.29) is 12.1 Å². The number of amides is 1. The van der Waals surface area contributed by atoms with Gasteiger partial charge in [0.25, 0.3) is 0 Å². The maximum atomic E-state index is 11.8. The SMILES string of the molecule is CC(C)(C)OC(=O)N1CC(NCc2cccc(C#N)c2)C1. The zero-order valence-corrected chi connectivity index (χ0v) is 12.7. The summed E-state index contributed by atoms with van der Waals surface area (Å²) in [5, 5.41) is 12.2. The van der Waals surface area contributed by atoms with Crippen LogP contribution in [0.3, 0.4) is 0 Å². The monoisotopic (exact) mass is 287 g/mol. The minimum atomic E-state index is -0.451. The third-order valence-electron chi connectivity index (χ3n) is 3.18. The minimum Gasteiger partial charge on any atom is -0.444 e. The number of rotatable bonds is 3. The number of nitrogens with zero attached hydrogens (tertiary/aromatic N) is 2. The van der Waals surface area contributed by atoms with Gasteiger partial charge in [-0.25, -0.2) is 4.79 Å². The first kappa shape index (κ1) is 15.3. The van der Waals surface area contributed by atoms with Gasteiger partial charge in [0, 0.05) is 25.7 Å². The molecule has 1 heterocycles. The number of carbonyl (C=O) groups is 1. The summed E-state index contributed by atoms with van der Waals surface area (Å²) >= 11 is 0. The van der Waals surface area contributed by atoms with E-state index in [0.717, 1.165) is 5.56 Å². The maximum Gasteiger partial charge on any atom is 0.410 e. The molecular weight excluding hydrogens is 266 g/mol. The van der Waals surface area contributed by atoms with Crippen molar-refractivity contribution in [3.8, 4) is 6.07 Å². The topological polar surface area (TPSA) is 65.4 Å². The van der Waals surface area contributed by atoms with Crippen LogP contribution in [0.5, 0.6) is 0 Å². The van der Waals surface area contributed by atoms with Crippen molar-refractivity contribution in [2.75, 3.05) is 13.1 Å². The molecule has 5 nitrogen and oxygen atoms in total. The number of nitriles is 1. The zero-order chi connectivity index (χ0) is 15.5. The van der Waals surface area contributed by atoms with Gasteiger partial charge in [-0.15, -0.1) is 0 Å². The molecule has 1 amide bonds. The lowest BCUT2D eigenvalue weighted by Gasteiger charge is -2.40. The van der Waals surface area contributed by atoms with Gasteiger partial charge in [0.1, 0.15) is 5.60 Å². The minimum absolute atomic E-state index is 0.257. The van der Waals surface area contributed by atoms with Gasteiger partial charge in [0.15, 0.2) is 0 Å². The first-order valence-corrected chi connectivity index (χ1v) is 7.08. The van der Waals surface area contributed by atoms with Gasteiger partial charge in [-0.2, -0.15) is 5.26 Å². The Morgan fingerprint density at radius 1 is 1.48 bits per heavy atom. The lowest BCUT2D eigenvalue weighted by Crippen LogP contribution is -2.60. The second kappa shape index (κ2) is 6.15. The van der Waals surface area contributed by atoms with Crippen LogP contribution in [-0.2, 0) is 11.3 Å². The summed E-state index contributed by atoms with van der Waals surface area (Å²) in [7, 11) is 0. The van der Waals surface area contributed by atoms with E-state index in [2.05, 4.69) is 11.4 Å². The van der Waals surface area contributed by atoms with Gasteiger partial charge in [-0.3, -0.25) is 0 Å². The maximum absolute atomic E-state index is 11.8. The molecule has 0 aromatic heterocycles. The molecule has 0 saturated carbocycles. The van der Waals surface area contributed by atoms with Crippen LogP contribution in [-0.4, -0.2) is 35.7 Å². The van der Waals surface area contributed by atoms with Crippen LogP contribution in [0.4, 0.5) is 4.79 Å². The Bertz CT molecular complexity index is 551. The fourth-order valence-corrected chi connectivity index (χ4v) is 2.10. The van der Waals surface area contributed by atoms with Crippen molar-refractivity contribution in [3.63, 3.8) is 0 Å². The molecule has 2 rings (SSSR count). The smallest absolute Gasteiger partial charge is 0.410 e. The molecule has 1 aliphatic rings. The standard InChI is InChI=1S/C16H21N3O2/c1-16(2,3)21-15(20)19-10-14(11-19)18-9-13-6-4-5-12(7-13)8-17/h4-7,14,18H,9-11H2,1-3H3. The molecule has 21 heavy (non-hydrogen) atoms. The highest BCUT2D eigenvalue weighted by Gasteiger charge is 2.33. The third-order valence-corrected chi connectivity index (χ3v) is 3.18. The molecule has 0 aliphatic carbocycles. The molecule has 1 aromatic carbocycles. The van der Waals surface area contributed by atoms with E-state index in [0.29, 0.717) is 25.2 Å². The Hall–Kier alpha value is -2.06. The Kier molecular flexibility index (Phi) is 4.49. The zero-order valence-electron chi connectivity index (χ0n) is 12.7. The van der Waals surface area contributed by atoms with Crippen molar-refractivity contribution in [1.82, 2.24) is 10.2 Å². The number of likely N-dealkylation sites (tertiary alicyclic amines) is 1. The fraction of sp³-hybridized carbons (Fsp3) is 0.500. The van der Waals surface area contributed by atoms with Crippen LogP contribution < -0.4 is 5.32 Å². The van der Waals surface area contributed by atoms with Crippen molar-refractivity contribution in [2.45, 2.75) is 39.0 Å². The summed E-state index contributed by atoms with van der Waals surface area (Å²) in [5.74, 6) is 0. The normalized spacial score (nSPS) is 15.2. The van der Waals surface area contributed by atoms with Gasteiger partial charge in [0.2, 0.25) is 0 Å². The molecule has 1 aliphatic heterocycles. The highest BCUT2D eigenvalue weighted by Crippen LogP contribution is 2.15. The summed E-state index contributed by atoms with van der Waals surface area (Å²) in [5.41, 5.74) is 1.29.